The molecule has 0 aliphatic carbocycles. The molecule has 4 heteroatoms. The van der Waals surface area contributed by atoms with Gasteiger partial charge in [-0.15, -0.1) is 0 Å². The maximum absolute atomic E-state index is 4.53. The summed E-state index contributed by atoms with van der Waals surface area (Å²) >= 11 is 0. The quantitative estimate of drug-likeness (QED) is 0.837. The highest BCUT2D eigenvalue weighted by molar-refractivity contribution is 5.14. The van der Waals surface area contributed by atoms with Gasteiger partial charge in [0, 0.05) is 38.2 Å². The zero-order chi connectivity index (χ0) is 14.2. The fourth-order valence-electron chi connectivity index (χ4n) is 2.11. The van der Waals surface area contributed by atoms with E-state index < -0.39 is 0 Å². The maximum atomic E-state index is 4.53. The number of nitrogens with one attached hydrogen (secondary N) is 1. The molecule has 4 nitrogen and oxygen atoms in total. The first-order valence-corrected chi connectivity index (χ1v) is 7.01. The third-order valence-corrected chi connectivity index (χ3v) is 3.26. The second-order valence-electron chi connectivity index (χ2n) is 4.85. The second kappa shape index (κ2) is 7.72. The Bertz CT molecular complexity index is 496. The number of nitrogens with zero attached hydrogens (tertiary/aromatic N) is 3. The summed E-state index contributed by atoms with van der Waals surface area (Å²) in [6.07, 6.45) is 5.63. The highest BCUT2D eigenvalue weighted by Gasteiger charge is 2.06. The van der Waals surface area contributed by atoms with E-state index in [9.17, 15) is 0 Å². The van der Waals surface area contributed by atoms with Crippen LogP contribution in [0.1, 0.15) is 23.7 Å². The van der Waals surface area contributed by atoms with Gasteiger partial charge in [-0.1, -0.05) is 13.0 Å². The van der Waals surface area contributed by atoms with Crippen molar-refractivity contribution in [2.75, 3.05) is 13.6 Å². The van der Waals surface area contributed by atoms with E-state index in [-0.39, 0.29) is 0 Å². The molecule has 20 heavy (non-hydrogen) atoms. The fraction of sp³-hybridized carbons (Fsp3) is 0.375. The van der Waals surface area contributed by atoms with Crippen LogP contribution in [0.4, 0.5) is 0 Å². The van der Waals surface area contributed by atoms with Crippen molar-refractivity contribution in [1.82, 2.24) is 20.2 Å². The van der Waals surface area contributed by atoms with Crippen LogP contribution in [0.25, 0.3) is 0 Å². The van der Waals surface area contributed by atoms with E-state index in [2.05, 4.69) is 51.4 Å². The van der Waals surface area contributed by atoms with Crippen molar-refractivity contribution in [3.8, 4) is 0 Å². The Balaban J connectivity index is 1.95. The summed E-state index contributed by atoms with van der Waals surface area (Å²) in [5.74, 6) is 0. The largest absolute Gasteiger partial charge is 0.316 e. The zero-order valence-corrected chi connectivity index (χ0v) is 12.2. The highest BCUT2D eigenvalue weighted by Crippen LogP contribution is 2.08. The van der Waals surface area contributed by atoms with Crippen molar-refractivity contribution in [1.29, 1.82) is 0 Å². The second-order valence-corrected chi connectivity index (χ2v) is 4.85. The summed E-state index contributed by atoms with van der Waals surface area (Å²) in [5.41, 5.74) is 3.61. The molecule has 2 aromatic heterocycles. The standard InChI is InChI=1S/C16H22N4/c1-3-20(12-14-6-8-18-9-7-14)13-16-5-4-15(10-17-2)11-19-16/h4-9,11,17H,3,10,12-13H2,1-2H3. The van der Waals surface area contributed by atoms with Crippen LogP contribution < -0.4 is 5.32 Å². The Labute approximate surface area is 120 Å². The lowest BCUT2D eigenvalue weighted by molar-refractivity contribution is 0.268. The van der Waals surface area contributed by atoms with Crippen molar-refractivity contribution < 1.29 is 0 Å². The van der Waals surface area contributed by atoms with Crippen LogP contribution >= 0.6 is 0 Å². The van der Waals surface area contributed by atoms with E-state index in [0.29, 0.717) is 0 Å². The maximum Gasteiger partial charge on any atom is 0.0544 e. The molecule has 0 saturated heterocycles. The molecule has 0 aromatic carbocycles. The smallest absolute Gasteiger partial charge is 0.0544 e. The number of hydrogen-bond donors (Lipinski definition) is 1. The molecule has 0 unspecified atom stereocenters. The normalized spacial score (nSPS) is 10.9. The number of rotatable bonds is 7. The monoisotopic (exact) mass is 270 g/mol. The van der Waals surface area contributed by atoms with Gasteiger partial charge in [-0.2, -0.15) is 0 Å². The molecule has 1 N–H and O–H groups in total. The van der Waals surface area contributed by atoms with E-state index in [4.69, 9.17) is 0 Å². The molecule has 0 aliphatic rings. The molecule has 0 spiro atoms. The van der Waals surface area contributed by atoms with E-state index in [1.807, 2.05) is 25.6 Å². The minimum Gasteiger partial charge on any atom is -0.316 e. The molecule has 2 aromatic rings. The summed E-state index contributed by atoms with van der Waals surface area (Å²) in [6, 6.07) is 8.37. The van der Waals surface area contributed by atoms with Gasteiger partial charge in [-0.05, 0) is 42.9 Å². The molecule has 0 saturated carbocycles. The number of hydrogen-bond acceptors (Lipinski definition) is 4. The topological polar surface area (TPSA) is 41.1 Å². The van der Waals surface area contributed by atoms with Crippen LogP contribution in [-0.2, 0) is 19.6 Å². The minimum atomic E-state index is 0.863. The van der Waals surface area contributed by atoms with Crippen molar-refractivity contribution in [2.45, 2.75) is 26.6 Å². The molecular weight excluding hydrogens is 248 g/mol. The van der Waals surface area contributed by atoms with Gasteiger partial charge in [0.1, 0.15) is 0 Å². The van der Waals surface area contributed by atoms with Gasteiger partial charge in [-0.25, -0.2) is 0 Å². The molecule has 2 rings (SSSR count). The van der Waals surface area contributed by atoms with Gasteiger partial charge >= 0.3 is 0 Å². The minimum absolute atomic E-state index is 0.863. The lowest BCUT2D eigenvalue weighted by atomic mass is 10.2. The molecular formula is C16H22N4. The molecule has 0 amide bonds. The number of aromatic nitrogens is 2. The predicted octanol–water partition coefficient (Wildman–Crippen LogP) is 2.22. The van der Waals surface area contributed by atoms with Crippen LogP contribution in [0.5, 0.6) is 0 Å². The van der Waals surface area contributed by atoms with Crippen LogP contribution in [-0.4, -0.2) is 28.5 Å². The van der Waals surface area contributed by atoms with Crippen LogP contribution in [0.2, 0.25) is 0 Å². The summed E-state index contributed by atoms with van der Waals surface area (Å²) < 4.78 is 0. The van der Waals surface area contributed by atoms with Crippen LogP contribution in [0.3, 0.4) is 0 Å². The van der Waals surface area contributed by atoms with E-state index in [1.54, 1.807) is 0 Å². The Morgan fingerprint density at radius 2 is 1.85 bits per heavy atom. The van der Waals surface area contributed by atoms with E-state index in [0.717, 1.165) is 31.9 Å². The molecule has 0 radical (unpaired) electrons. The van der Waals surface area contributed by atoms with Crippen LogP contribution in [0.15, 0.2) is 42.9 Å². The summed E-state index contributed by atoms with van der Waals surface area (Å²) in [7, 11) is 1.95. The van der Waals surface area contributed by atoms with E-state index in [1.165, 1.54) is 11.1 Å². The molecule has 0 bridgehead atoms. The lowest BCUT2D eigenvalue weighted by Crippen LogP contribution is -2.23. The Morgan fingerprint density at radius 1 is 1.05 bits per heavy atom. The zero-order valence-electron chi connectivity index (χ0n) is 12.2. The van der Waals surface area contributed by atoms with Gasteiger partial charge in [0.25, 0.3) is 0 Å². The SMILES string of the molecule is CCN(Cc1ccncc1)Cc1ccc(CNC)cn1. The molecule has 106 valence electrons. The van der Waals surface area contributed by atoms with E-state index >= 15 is 0 Å². The Kier molecular flexibility index (Phi) is 5.65. The molecule has 0 atom stereocenters. The summed E-state index contributed by atoms with van der Waals surface area (Å²) in [4.78, 5) is 11.0. The predicted molar refractivity (Wildman–Crippen MR) is 81.0 cm³/mol. The third-order valence-electron chi connectivity index (χ3n) is 3.26. The van der Waals surface area contributed by atoms with Gasteiger partial charge in [-0.3, -0.25) is 14.9 Å². The first-order chi connectivity index (χ1) is 9.81. The lowest BCUT2D eigenvalue weighted by Gasteiger charge is -2.20. The molecule has 2 heterocycles. The van der Waals surface area contributed by atoms with Crippen LogP contribution in [0, 0.1) is 0 Å². The molecule has 0 fully saturated rings. The Hall–Kier alpha value is -1.78. The average molecular weight is 270 g/mol. The van der Waals surface area contributed by atoms with Crippen molar-refractivity contribution in [3.05, 3.63) is 59.7 Å². The van der Waals surface area contributed by atoms with Gasteiger partial charge in [0.2, 0.25) is 0 Å². The van der Waals surface area contributed by atoms with Gasteiger partial charge in [0.05, 0.1) is 5.69 Å². The molecule has 0 aliphatic heterocycles. The van der Waals surface area contributed by atoms with Gasteiger partial charge < -0.3 is 5.32 Å². The summed E-state index contributed by atoms with van der Waals surface area (Å²) in [5, 5.41) is 3.13. The first kappa shape index (κ1) is 14.6. The van der Waals surface area contributed by atoms with Crippen molar-refractivity contribution >= 4 is 0 Å². The first-order valence-electron chi connectivity index (χ1n) is 7.01. The Morgan fingerprint density at radius 3 is 2.45 bits per heavy atom. The third kappa shape index (κ3) is 4.40. The average Bonchev–Trinajstić information content (AvgIpc) is 2.50. The highest BCUT2D eigenvalue weighted by atomic mass is 15.1. The fourth-order valence-corrected chi connectivity index (χ4v) is 2.11. The summed E-state index contributed by atoms with van der Waals surface area (Å²) in [6.45, 7) is 5.85. The van der Waals surface area contributed by atoms with Crippen molar-refractivity contribution in [2.24, 2.45) is 0 Å². The number of pyridine rings is 2. The van der Waals surface area contributed by atoms with Gasteiger partial charge in [0.15, 0.2) is 0 Å². The van der Waals surface area contributed by atoms with Crippen molar-refractivity contribution in [3.63, 3.8) is 0 Å².